The Labute approximate surface area is 187 Å². The molecule has 0 fully saturated rings. The Morgan fingerprint density at radius 1 is 0.935 bits per heavy atom. The van der Waals surface area contributed by atoms with Gasteiger partial charge in [0.1, 0.15) is 10.7 Å². The van der Waals surface area contributed by atoms with Gasteiger partial charge in [-0.3, -0.25) is 4.79 Å². The molecule has 31 heavy (non-hydrogen) atoms. The molecule has 0 spiro atoms. The van der Waals surface area contributed by atoms with E-state index >= 15 is 0 Å². The van der Waals surface area contributed by atoms with Gasteiger partial charge in [-0.15, -0.1) is 11.3 Å². The third kappa shape index (κ3) is 7.22. The van der Waals surface area contributed by atoms with Crippen molar-refractivity contribution >= 4 is 23.3 Å². The molecular weight excluding hydrogens is 408 g/mol. The van der Waals surface area contributed by atoms with Crippen LogP contribution >= 0.6 is 11.3 Å². The molecule has 0 saturated carbocycles. The molecule has 1 aromatic heterocycles. The number of amides is 3. The summed E-state index contributed by atoms with van der Waals surface area (Å²) in [7, 11) is 0. The first kappa shape index (κ1) is 22.5. The van der Waals surface area contributed by atoms with Crippen LogP contribution in [0.2, 0.25) is 0 Å². The largest absolute Gasteiger partial charge is 0.347 e. The second-order valence-electron chi connectivity index (χ2n) is 8.32. The maximum absolute atomic E-state index is 12.9. The molecule has 1 heterocycles. The Morgan fingerprint density at radius 3 is 2.16 bits per heavy atom. The van der Waals surface area contributed by atoms with Crippen molar-refractivity contribution in [2.75, 3.05) is 0 Å². The Bertz CT molecular complexity index is 997. The van der Waals surface area contributed by atoms with Crippen molar-refractivity contribution < 1.29 is 9.59 Å². The van der Waals surface area contributed by atoms with Crippen molar-refractivity contribution in [3.8, 4) is 0 Å². The molecule has 0 atom stereocenters. The maximum atomic E-state index is 12.9. The highest BCUT2D eigenvalue weighted by atomic mass is 32.1. The molecule has 0 aliphatic heterocycles. The molecule has 3 aromatic rings. The molecule has 0 aliphatic carbocycles. The SMILES string of the molecule is CC(C)(C)NC(=O)N(Cc1ccccc1)Cc1nc(C(=O)NCc2ccccc2)cs1. The van der Waals surface area contributed by atoms with Gasteiger partial charge in [0.25, 0.3) is 5.91 Å². The Balaban J connectivity index is 1.67. The van der Waals surface area contributed by atoms with Crippen LogP contribution in [0.4, 0.5) is 4.79 Å². The quantitative estimate of drug-likeness (QED) is 0.569. The molecule has 3 amide bonds. The maximum Gasteiger partial charge on any atom is 0.318 e. The Kier molecular flexibility index (Phi) is 7.41. The van der Waals surface area contributed by atoms with Gasteiger partial charge in [0.15, 0.2) is 0 Å². The van der Waals surface area contributed by atoms with Crippen molar-refractivity contribution in [1.29, 1.82) is 0 Å². The molecule has 162 valence electrons. The summed E-state index contributed by atoms with van der Waals surface area (Å²) in [5.41, 5.74) is 2.08. The number of urea groups is 1. The number of carbonyl (C=O) groups is 2. The van der Waals surface area contributed by atoms with Gasteiger partial charge in [-0.2, -0.15) is 0 Å². The second-order valence-corrected chi connectivity index (χ2v) is 9.26. The van der Waals surface area contributed by atoms with Gasteiger partial charge in [-0.05, 0) is 31.9 Å². The average molecular weight is 437 g/mol. The first-order chi connectivity index (χ1) is 14.8. The third-order valence-electron chi connectivity index (χ3n) is 4.39. The van der Waals surface area contributed by atoms with E-state index in [1.165, 1.54) is 11.3 Å². The molecule has 0 unspecified atom stereocenters. The number of nitrogens with zero attached hydrogens (tertiary/aromatic N) is 2. The predicted octanol–water partition coefficient (Wildman–Crippen LogP) is 4.58. The highest BCUT2D eigenvalue weighted by Crippen LogP contribution is 2.16. The summed E-state index contributed by atoms with van der Waals surface area (Å²) in [6.07, 6.45) is 0. The van der Waals surface area contributed by atoms with E-state index in [4.69, 9.17) is 0 Å². The van der Waals surface area contributed by atoms with Crippen molar-refractivity contribution in [3.05, 3.63) is 87.9 Å². The summed E-state index contributed by atoms with van der Waals surface area (Å²) >= 11 is 1.38. The van der Waals surface area contributed by atoms with Crippen LogP contribution in [0.15, 0.2) is 66.0 Å². The van der Waals surface area contributed by atoms with E-state index in [0.717, 1.165) is 11.1 Å². The standard InChI is InChI=1S/C24H28N4O2S/c1-24(2,3)27-23(30)28(15-19-12-8-5-9-13-19)16-21-26-20(17-31-21)22(29)25-14-18-10-6-4-7-11-18/h4-13,17H,14-16H2,1-3H3,(H,25,29)(H,27,30). The van der Waals surface area contributed by atoms with Crippen LogP contribution in [0, 0.1) is 0 Å². The number of aromatic nitrogens is 1. The molecule has 7 heteroatoms. The molecule has 0 radical (unpaired) electrons. The van der Waals surface area contributed by atoms with Crippen molar-refractivity contribution in [2.45, 2.75) is 45.9 Å². The normalized spacial score (nSPS) is 11.1. The van der Waals surface area contributed by atoms with E-state index in [1.54, 1.807) is 10.3 Å². The first-order valence-corrected chi connectivity index (χ1v) is 11.1. The highest BCUT2D eigenvalue weighted by Gasteiger charge is 2.22. The molecule has 2 aromatic carbocycles. The minimum absolute atomic E-state index is 0.165. The first-order valence-electron chi connectivity index (χ1n) is 10.2. The number of hydrogen-bond donors (Lipinski definition) is 2. The van der Waals surface area contributed by atoms with E-state index < -0.39 is 0 Å². The van der Waals surface area contributed by atoms with Crippen LogP contribution in [-0.4, -0.2) is 27.4 Å². The third-order valence-corrected chi connectivity index (χ3v) is 5.23. The van der Waals surface area contributed by atoms with E-state index in [9.17, 15) is 9.59 Å². The molecule has 2 N–H and O–H groups in total. The predicted molar refractivity (Wildman–Crippen MR) is 124 cm³/mol. The number of benzene rings is 2. The summed E-state index contributed by atoms with van der Waals surface area (Å²) in [5.74, 6) is -0.222. The lowest BCUT2D eigenvalue weighted by atomic mass is 10.1. The minimum Gasteiger partial charge on any atom is -0.347 e. The number of rotatable bonds is 7. The lowest BCUT2D eigenvalue weighted by molar-refractivity contribution is 0.0946. The molecular formula is C24H28N4O2S. The molecule has 0 bridgehead atoms. The van der Waals surface area contributed by atoms with Crippen LogP contribution in [0.25, 0.3) is 0 Å². The van der Waals surface area contributed by atoms with Crippen LogP contribution in [0.3, 0.4) is 0 Å². The van der Waals surface area contributed by atoms with Gasteiger partial charge in [0.05, 0.1) is 6.54 Å². The van der Waals surface area contributed by atoms with E-state index in [0.29, 0.717) is 30.3 Å². The van der Waals surface area contributed by atoms with Gasteiger partial charge < -0.3 is 15.5 Å². The molecule has 0 aliphatic rings. The number of hydrogen-bond acceptors (Lipinski definition) is 4. The summed E-state index contributed by atoms with van der Waals surface area (Å²) in [6.45, 7) is 7.07. The monoisotopic (exact) mass is 436 g/mol. The Morgan fingerprint density at radius 2 is 1.55 bits per heavy atom. The average Bonchev–Trinajstić information content (AvgIpc) is 3.20. The smallest absolute Gasteiger partial charge is 0.318 e. The summed E-state index contributed by atoms with van der Waals surface area (Å²) in [6, 6.07) is 19.4. The highest BCUT2D eigenvalue weighted by molar-refractivity contribution is 7.09. The van der Waals surface area contributed by atoms with Crippen LogP contribution < -0.4 is 10.6 Å². The zero-order chi connectivity index (χ0) is 22.3. The topological polar surface area (TPSA) is 74.3 Å². The van der Waals surface area contributed by atoms with E-state index in [1.807, 2.05) is 81.4 Å². The van der Waals surface area contributed by atoms with Crippen LogP contribution in [0.5, 0.6) is 0 Å². The van der Waals surface area contributed by atoms with Crippen molar-refractivity contribution in [1.82, 2.24) is 20.5 Å². The fourth-order valence-corrected chi connectivity index (χ4v) is 3.71. The zero-order valence-electron chi connectivity index (χ0n) is 18.1. The summed E-state index contributed by atoms with van der Waals surface area (Å²) < 4.78 is 0. The Hall–Kier alpha value is -3.19. The van der Waals surface area contributed by atoms with Crippen molar-refractivity contribution in [3.63, 3.8) is 0 Å². The summed E-state index contributed by atoms with van der Waals surface area (Å²) in [5, 5.41) is 8.35. The van der Waals surface area contributed by atoms with Gasteiger partial charge >= 0.3 is 6.03 Å². The van der Waals surface area contributed by atoms with Gasteiger partial charge in [-0.1, -0.05) is 60.7 Å². The van der Waals surface area contributed by atoms with Crippen LogP contribution in [0.1, 0.15) is 47.4 Å². The molecule has 0 saturated heterocycles. The van der Waals surface area contributed by atoms with Crippen LogP contribution in [-0.2, 0) is 19.6 Å². The fraction of sp³-hybridized carbons (Fsp3) is 0.292. The van der Waals surface area contributed by atoms with E-state index in [-0.39, 0.29) is 17.5 Å². The number of nitrogens with one attached hydrogen (secondary N) is 2. The molecule has 6 nitrogen and oxygen atoms in total. The van der Waals surface area contributed by atoms with Gasteiger partial charge in [0, 0.05) is 24.0 Å². The second kappa shape index (κ2) is 10.2. The lowest BCUT2D eigenvalue weighted by Gasteiger charge is -2.28. The van der Waals surface area contributed by atoms with Gasteiger partial charge in [0.2, 0.25) is 0 Å². The minimum atomic E-state index is -0.350. The van der Waals surface area contributed by atoms with Crippen molar-refractivity contribution in [2.24, 2.45) is 0 Å². The number of carbonyl (C=O) groups excluding carboxylic acids is 2. The summed E-state index contributed by atoms with van der Waals surface area (Å²) in [4.78, 5) is 31.5. The lowest BCUT2D eigenvalue weighted by Crippen LogP contribution is -2.47. The zero-order valence-corrected chi connectivity index (χ0v) is 18.9. The molecule has 3 rings (SSSR count). The fourth-order valence-electron chi connectivity index (χ4n) is 2.92. The number of thiazole rings is 1. The van der Waals surface area contributed by atoms with Gasteiger partial charge in [-0.25, -0.2) is 9.78 Å². The van der Waals surface area contributed by atoms with E-state index in [2.05, 4.69) is 15.6 Å².